The van der Waals surface area contributed by atoms with Gasteiger partial charge in [-0.25, -0.2) is 4.39 Å². The molecule has 6 rings (SSSR count). The van der Waals surface area contributed by atoms with Gasteiger partial charge in [0.15, 0.2) is 18.1 Å². The molecule has 0 radical (unpaired) electrons. The Morgan fingerprint density at radius 3 is 2.15 bits per heavy atom. The van der Waals surface area contributed by atoms with E-state index in [2.05, 4.69) is 30.3 Å². The number of hydrogen-bond donors (Lipinski definition) is 4. The van der Waals surface area contributed by atoms with Crippen LogP contribution in [-0.2, 0) is 72.8 Å². The summed E-state index contributed by atoms with van der Waals surface area (Å²) in [4.78, 5) is 37.6. The third kappa shape index (κ3) is 9.33. The molecule has 0 unspecified atom stereocenters. The summed E-state index contributed by atoms with van der Waals surface area (Å²) in [6.45, 7) is 9.76. The SMILES string of the molecule is C[C@@H]1C[C@H]2[C@@H]3CCC4=CC(=O)C=C[C@]4(C)[C@@]3(F)[C@@H](O)C[C@]2(C)[C@@]1(O)C(=O)COC(=O)C(C)(C)C.O.OB(O)[O][Hg][c]1ccccc1.[Hg][c]1ccccc1. The zero-order valence-corrected chi connectivity index (χ0v) is 42.5. The predicted molar refractivity (Wildman–Crippen MR) is 190 cm³/mol. The summed E-state index contributed by atoms with van der Waals surface area (Å²) in [6.07, 6.45) is 4.27. The van der Waals surface area contributed by atoms with Gasteiger partial charge in [0.1, 0.15) is 5.60 Å². The molecule has 0 heterocycles. The van der Waals surface area contributed by atoms with Gasteiger partial charge in [-0.05, 0) is 77.4 Å². The summed E-state index contributed by atoms with van der Waals surface area (Å²) >= 11 is -0.857. The van der Waals surface area contributed by atoms with Gasteiger partial charge in [0.05, 0.1) is 11.5 Å². The average molecular weight is 1110 g/mol. The van der Waals surface area contributed by atoms with Crippen LogP contribution < -0.4 is 6.14 Å². The standard InChI is InChI=1S/C27H37FO6.2C6H5.BH2O3.2Hg.H2O/c1-15-11-19-18-8-7-16-12-17(29)9-10-24(16,5)26(18,28)20(30)13-25(19,6)27(15,33)21(31)14-34-22(32)23(2,3)4;2*1-2-4-6-5-3-1;2-1(3)4;;;/h9-10,12,15,18-20,30,33H,7-8,11,13-14H2,1-6H3;2*1-5H;2-3H;;;1H2/q;;;-1;;+1;/t15-,18+,19+,20+,24+,25+,26+,27+;;;;;;/m1....../s1. The molecule has 0 amide bonds. The topological polar surface area (TPSA) is 182 Å². The van der Waals surface area contributed by atoms with Gasteiger partial charge in [0.2, 0.25) is 5.78 Å². The molecule has 10 nitrogen and oxygen atoms in total. The molecule has 8 atom stereocenters. The molecular formula is C39H51BFHg2O10. The number of rotatable bonds is 6. The van der Waals surface area contributed by atoms with Crippen LogP contribution in [0.15, 0.2) is 84.5 Å². The van der Waals surface area contributed by atoms with Crippen LogP contribution in [0.3, 0.4) is 0 Å². The summed E-state index contributed by atoms with van der Waals surface area (Å²) in [7, 11) is -1.59. The fourth-order valence-corrected chi connectivity index (χ4v) is 13.0. The van der Waals surface area contributed by atoms with Crippen molar-refractivity contribution >= 4 is 31.0 Å². The Hall–Kier alpha value is -1.64. The Bertz CT molecular complexity index is 1650. The molecule has 6 N–H and O–H groups in total. The van der Waals surface area contributed by atoms with Crippen molar-refractivity contribution in [1.29, 1.82) is 0 Å². The van der Waals surface area contributed by atoms with Crippen molar-refractivity contribution in [2.45, 2.75) is 84.6 Å². The van der Waals surface area contributed by atoms with E-state index in [9.17, 15) is 24.6 Å². The van der Waals surface area contributed by atoms with Crippen molar-refractivity contribution in [3.8, 4) is 0 Å². The Morgan fingerprint density at radius 2 is 1.62 bits per heavy atom. The second-order valence-electron chi connectivity index (χ2n) is 16.0. The molecule has 2 aromatic rings. The number of fused-ring (bicyclic) bond motifs is 5. The second kappa shape index (κ2) is 18.1. The summed E-state index contributed by atoms with van der Waals surface area (Å²) in [5.74, 6) is -2.77. The molecule has 2 aromatic carbocycles. The second-order valence-corrected chi connectivity index (χ2v) is 24.8. The third-order valence-electron chi connectivity index (χ3n) is 11.7. The van der Waals surface area contributed by atoms with E-state index in [-0.39, 0.29) is 23.6 Å². The maximum absolute atomic E-state index is 17.1. The molecule has 3 saturated carbocycles. The van der Waals surface area contributed by atoms with Gasteiger partial charge in [0.25, 0.3) is 0 Å². The number of ether oxygens (including phenoxy) is 1. The molecule has 0 saturated heterocycles. The number of alkyl halides is 1. The van der Waals surface area contributed by atoms with Crippen LogP contribution >= 0.6 is 0 Å². The van der Waals surface area contributed by atoms with Gasteiger partial charge < -0.3 is 20.4 Å². The third-order valence-corrected chi connectivity index (χ3v) is 18.4. The van der Waals surface area contributed by atoms with Crippen LogP contribution in [0.2, 0.25) is 0 Å². The van der Waals surface area contributed by atoms with Crippen molar-refractivity contribution in [2.75, 3.05) is 6.61 Å². The van der Waals surface area contributed by atoms with Gasteiger partial charge in [-0.1, -0.05) is 25.5 Å². The molecule has 0 bridgehead atoms. The van der Waals surface area contributed by atoms with Crippen LogP contribution in [0.1, 0.15) is 67.2 Å². The molecule has 0 aliphatic heterocycles. The maximum atomic E-state index is 17.1. The first-order chi connectivity index (χ1) is 24.2. The van der Waals surface area contributed by atoms with E-state index in [0.717, 1.165) is 29.2 Å². The summed E-state index contributed by atoms with van der Waals surface area (Å²) < 4.78 is 29.8. The van der Waals surface area contributed by atoms with Crippen molar-refractivity contribution in [3.63, 3.8) is 0 Å². The first-order valence-electron chi connectivity index (χ1n) is 17.8. The van der Waals surface area contributed by atoms with Crippen molar-refractivity contribution < 1.29 is 103 Å². The number of carbonyl (C=O) groups excluding carboxylic acids is 3. The van der Waals surface area contributed by atoms with E-state index >= 15 is 4.39 Å². The minimum atomic E-state index is -2.02. The normalized spacial score (nSPS) is 32.3. The summed E-state index contributed by atoms with van der Waals surface area (Å²) in [5, 5.41) is 40.0. The van der Waals surface area contributed by atoms with Crippen LogP contribution in [0.25, 0.3) is 0 Å². The number of aliphatic hydroxyl groups excluding tert-OH is 1. The zero-order chi connectivity index (χ0) is 38.7. The number of allylic oxidation sites excluding steroid dienone is 4. The van der Waals surface area contributed by atoms with E-state index in [1.165, 1.54) is 15.2 Å². The Labute approximate surface area is 341 Å². The van der Waals surface area contributed by atoms with Crippen LogP contribution in [-0.4, -0.2) is 74.6 Å². The number of aliphatic hydroxyl groups is 2. The number of carbonyl (C=O) groups is 3. The molecule has 0 spiro atoms. The summed E-state index contributed by atoms with van der Waals surface area (Å²) in [5.41, 5.74) is -6.18. The number of hydrogen-bond acceptors (Lipinski definition) is 9. The van der Waals surface area contributed by atoms with Crippen molar-refractivity contribution in [3.05, 3.63) is 84.5 Å². The monoisotopic (exact) mass is 1110 g/mol. The number of halogens is 1. The van der Waals surface area contributed by atoms with Crippen LogP contribution in [0.5, 0.6) is 0 Å². The Morgan fingerprint density at radius 1 is 1.04 bits per heavy atom. The van der Waals surface area contributed by atoms with Gasteiger partial charge in [-0.3, -0.25) is 14.4 Å². The molecule has 14 heteroatoms. The zero-order valence-electron chi connectivity index (χ0n) is 31.6. The molecule has 4 aliphatic carbocycles. The van der Waals surface area contributed by atoms with E-state index in [1.54, 1.807) is 47.6 Å². The fourth-order valence-electron chi connectivity index (χ4n) is 8.82. The van der Waals surface area contributed by atoms with E-state index < -0.39 is 96.2 Å². The molecular weight excluding hydrogens is 1060 g/mol. The first-order valence-corrected chi connectivity index (χ1v) is 25.6. The van der Waals surface area contributed by atoms with Crippen molar-refractivity contribution in [2.24, 2.45) is 34.0 Å². The molecule has 0 aromatic heterocycles. The van der Waals surface area contributed by atoms with Crippen LogP contribution in [0.4, 0.5) is 4.39 Å². The van der Waals surface area contributed by atoms with Crippen molar-refractivity contribution in [1.82, 2.24) is 0 Å². The fraction of sp³-hybridized carbons (Fsp3) is 0.513. The van der Waals surface area contributed by atoms with Gasteiger partial charge in [0, 0.05) is 16.7 Å². The van der Waals surface area contributed by atoms with E-state index in [1.807, 2.05) is 30.3 Å². The molecule has 53 heavy (non-hydrogen) atoms. The average Bonchev–Trinajstić information content (AvgIpc) is 3.29. The predicted octanol–water partition coefficient (Wildman–Crippen LogP) is 2.82. The first kappa shape index (κ1) is 45.7. The number of ketones is 2. The number of esters is 1. The van der Waals surface area contributed by atoms with Crippen LogP contribution in [0, 0.1) is 34.0 Å². The number of Topliss-reactive ketones (excluding diaryl/α,β-unsaturated/α-hetero) is 1. The van der Waals surface area contributed by atoms with Gasteiger partial charge >= 0.3 is 144 Å². The quantitative estimate of drug-likeness (QED) is 0.250. The molecule has 3 fully saturated rings. The Balaban J connectivity index is 0.000000325. The van der Waals surface area contributed by atoms with Gasteiger partial charge in [-0.2, -0.15) is 0 Å². The Kier molecular flexibility index (Phi) is 15.6. The molecule has 4 aliphatic rings. The van der Waals surface area contributed by atoms with E-state index in [4.69, 9.17) is 17.3 Å². The van der Waals surface area contributed by atoms with E-state index in [0.29, 0.717) is 24.8 Å². The summed E-state index contributed by atoms with van der Waals surface area (Å²) in [6, 6.07) is 20.2. The van der Waals surface area contributed by atoms with Gasteiger partial charge in [-0.15, -0.1) is 0 Å². The molecule has 281 valence electrons. The number of benzene rings is 2. The minimum absolute atomic E-state index is 0.